The van der Waals surface area contributed by atoms with Crippen LogP contribution in [0.3, 0.4) is 0 Å². The topological polar surface area (TPSA) is 35.2 Å². The fraction of sp³-hybridized carbons (Fsp3) is 0.333. The minimum absolute atomic E-state index is 0.0737. The van der Waals surface area contributed by atoms with Crippen molar-refractivity contribution < 1.29 is 13.5 Å². The highest BCUT2D eigenvalue weighted by molar-refractivity contribution is 9.10. The van der Waals surface area contributed by atoms with Crippen LogP contribution in [0, 0.1) is 11.6 Å². The summed E-state index contributed by atoms with van der Waals surface area (Å²) in [5.41, 5.74) is 5.40. The highest BCUT2D eigenvalue weighted by Crippen LogP contribution is 2.25. The molecule has 0 amide bonds. The first-order valence-electron chi connectivity index (χ1n) is 3.95. The number of ether oxygens (including phenoxy) is 1. The van der Waals surface area contributed by atoms with E-state index in [9.17, 15) is 8.78 Å². The SMILES string of the molecule is COCC(N)c1c(F)ccc(Br)c1F. The van der Waals surface area contributed by atoms with Gasteiger partial charge in [-0.1, -0.05) is 0 Å². The summed E-state index contributed by atoms with van der Waals surface area (Å²) in [5.74, 6) is -1.33. The number of halogens is 3. The van der Waals surface area contributed by atoms with Crippen LogP contribution >= 0.6 is 15.9 Å². The van der Waals surface area contributed by atoms with Gasteiger partial charge in [0.25, 0.3) is 0 Å². The van der Waals surface area contributed by atoms with E-state index >= 15 is 0 Å². The van der Waals surface area contributed by atoms with Gasteiger partial charge >= 0.3 is 0 Å². The van der Waals surface area contributed by atoms with Crippen molar-refractivity contribution >= 4 is 15.9 Å². The van der Waals surface area contributed by atoms with Crippen molar-refractivity contribution in [2.45, 2.75) is 6.04 Å². The molecule has 0 aliphatic heterocycles. The zero-order chi connectivity index (χ0) is 10.7. The lowest BCUT2D eigenvalue weighted by Gasteiger charge is -2.13. The standard InChI is InChI=1S/C9H10BrF2NO/c1-14-4-7(13)8-6(11)3-2-5(10)9(8)12/h2-3,7H,4,13H2,1H3. The van der Waals surface area contributed by atoms with Crippen LogP contribution < -0.4 is 5.73 Å². The molecule has 0 aromatic heterocycles. The number of rotatable bonds is 3. The fourth-order valence-corrected chi connectivity index (χ4v) is 1.49. The van der Waals surface area contributed by atoms with Crippen molar-refractivity contribution in [1.29, 1.82) is 0 Å². The Labute approximate surface area is 89.2 Å². The second kappa shape index (κ2) is 4.82. The van der Waals surface area contributed by atoms with E-state index in [1.807, 2.05) is 0 Å². The Bertz CT molecular complexity index is 333. The van der Waals surface area contributed by atoms with Gasteiger partial charge in [-0.2, -0.15) is 0 Å². The van der Waals surface area contributed by atoms with E-state index in [2.05, 4.69) is 15.9 Å². The first-order chi connectivity index (χ1) is 6.57. The Balaban J connectivity index is 3.11. The van der Waals surface area contributed by atoms with Crippen LogP contribution in [0.1, 0.15) is 11.6 Å². The lowest BCUT2D eigenvalue weighted by Crippen LogP contribution is -2.19. The molecule has 0 radical (unpaired) electrons. The Kier molecular flexibility index (Phi) is 3.97. The molecule has 0 spiro atoms. The predicted molar refractivity (Wildman–Crippen MR) is 52.9 cm³/mol. The molecular formula is C9H10BrF2NO. The molecule has 0 saturated heterocycles. The Morgan fingerprint density at radius 3 is 2.71 bits per heavy atom. The van der Waals surface area contributed by atoms with E-state index < -0.39 is 17.7 Å². The summed E-state index contributed by atoms with van der Waals surface area (Å²) in [6.45, 7) is 0.0737. The third-order valence-electron chi connectivity index (χ3n) is 1.80. The molecule has 1 unspecified atom stereocenters. The van der Waals surface area contributed by atoms with Gasteiger partial charge < -0.3 is 10.5 Å². The number of nitrogens with two attached hydrogens (primary N) is 1. The van der Waals surface area contributed by atoms with Gasteiger partial charge in [0.05, 0.1) is 17.1 Å². The molecule has 1 aromatic carbocycles. The Morgan fingerprint density at radius 2 is 2.14 bits per heavy atom. The van der Waals surface area contributed by atoms with Crippen molar-refractivity contribution in [3.8, 4) is 0 Å². The zero-order valence-corrected chi connectivity index (χ0v) is 9.14. The summed E-state index contributed by atoms with van der Waals surface area (Å²) >= 11 is 2.96. The van der Waals surface area contributed by atoms with Crippen LogP contribution in [0.2, 0.25) is 0 Å². The molecule has 2 nitrogen and oxygen atoms in total. The molecule has 14 heavy (non-hydrogen) atoms. The largest absolute Gasteiger partial charge is 0.383 e. The first kappa shape index (κ1) is 11.6. The third kappa shape index (κ3) is 2.29. The van der Waals surface area contributed by atoms with Crippen LogP contribution in [-0.2, 0) is 4.74 Å². The van der Waals surface area contributed by atoms with Crippen LogP contribution in [-0.4, -0.2) is 13.7 Å². The number of methoxy groups -OCH3 is 1. The van der Waals surface area contributed by atoms with Crippen molar-refractivity contribution in [3.63, 3.8) is 0 Å². The smallest absolute Gasteiger partial charge is 0.145 e. The highest BCUT2D eigenvalue weighted by atomic mass is 79.9. The van der Waals surface area contributed by atoms with Gasteiger partial charge in [0.15, 0.2) is 0 Å². The summed E-state index contributed by atoms with van der Waals surface area (Å²) < 4.78 is 31.6. The summed E-state index contributed by atoms with van der Waals surface area (Å²) in [5, 5.41) is 0. The summed E-state index contributed by atoms with van der Waals surface area (Å²) in [7, 11) is 1.42. The van der Waals surface area contributed by atoms with Gasteiger partial charge in [0.2, 0.25) is 0 Å². The Morgan fingerprint density at radius 1 is 1.50 bits per heavy atom. The van der Waals surface area contributed by atoms with Gasteiger partial charge in [-0.25, -0.2) is 8.78 Å². The summed E-state index contributed by atoms with van der Waals surface area (Å²) in [6, 6.07) is 1.67. The van der Waals surface area contributed by atoms with E-state index in [0.717, 1.165) is 6.07 Å². The molecule has 1 rings (SSSR count). The van der Waals surface area contributed by atoms with Gasteiger partial charge in [0, 0.05) is 12.7 Å². The average Bonchev–Trinajstić information content (AvgIpc) is 2.13. The molecule has 0 heterocycles. The normalized spacial score (nSPS) is 12.9. The van der Waals surface area contributed by atoms with E-state index in [0.29, 0.717) is 0 Å². The maximum atomic E-state index is 13.4. The van der Waals surface area contributed by atoms with Crippen molar-refractivity contribution in [2.75, 3.05) is 13.7 Å². The highest BCUT2D eigenvalue weighted by Gasteiger charge is 2.18. The molecule has 0 saturated carbocycles. The zero-order valence-electron chi connectivity index (χ0n) is 7.56. The minimum atomic E-state index is -0.794. The van der Waals surface area contributed by atoms with E-state index in [1.54, 1.807) is 0 Å². The summed E-state index contributed by atoms with van der Waals surface area (Å²) in [4.78, 5) is 0. The van der Waals surface area contributed by atoms with Crippen LogP contribution in [0.25, 0.3) is 0 Å². The number of hydrogen-bond donors (Lipinski definition) is 1. The molecule has 1 aromatic rings. The second-order valence-corrected chi connectivity index (χ2v) is 3.67. The molecule has 78 valence electrons. The van der Waals surface area contributed by atoms with Crippen molar-refractivity contribution in [3.05, 3.63) is 33.8 Å². The quantitative estimate of drug-likeness (QED) is 0.852. The van der Waals surface area contributed by atoms with E-state index in [4.69, 9.17) is 10.5 Å². The van der Waals surface area contributed by atoms with Gasteiger partial charge in [0.1, 0.15) is 11.6 Å². The average molecular weight is 266 g/mol. The van der Waals surface area contributed by atoms with E-state index in [1.165, 1.54) is 13.2 Å². The van der Waals surface area contributed by atoms with Crippen molar-refractivity contribution in [2.24, 2.45) is 5.73 Å². The maximum absolute atomic E-state index is 13.4. The first-order valence-corrected chi connectivity index (χ1v) is 4.75. The third-order valence-corrected chi connectivity index (χ3v) is 2.41. The minimum Gasteiger partial charge on any atom is -0.383 e. The Hall–Kier alpha value is -0.520. The van der Waals surface area contributed by atoms with Crippen LogP contribution in [0.15, 0.2) is 16.6 Å². The molecule has 5 heteroatoms. The van der Waals surface area contributed by atoms with Crippen LogP contribution in [0.5, 0.6) is 0 Å². The molecule has 0 aliphatic rings. The lowest BCUT2D eigenvalue weighted by atomic mass is 10.1. The van der Waals surface area contributed by atoms with Gasteiger partial charge in [-0.05, 0) is 28.1 Å². The number of benzene rings is 1. The van der Waals surface area contributed by atoms with Gasteiger partial charge in [-0.3, -0.25) is 0 Å². The molecular weight excluding hydrogens is 256 g/mol. The van der Waals surface area contributed by atoms with Crippen LogP contribution in [0.4, 0.5) is 8.78 Å². The molecule has 0 fully saturated rings. The lowest BCUT2D eigenvalue weighted by molar-refractivity contribution is 0.178. The molecule has 0 bridgehead atoms. The fourth-order valence-electron chi connectivity index (χ4n) is 1.15. The number of hydrogen-bond acceptors (Lipinski definition) is 2. The maximum Gasteiger partial charge on any atom is 0.145 e. The molecule has 2 N–H and O–H groups in total. The monoisotopic (exact) mass is 265 g/mol. The second-order valence-electron chi connectivity index (χ2n) is 2.82. The summed E-state index contributed by atoms with van der Waals surface area (Å²) in [6.07, 6.45) is 0. The van der Waals surface area contributed by atoms with Gasteiger partial charge in [-0.15, -0.1) is 0 Å². The molecule has 0 aliphatic carbocycles. The van der Waals surface area contributed by atoms with Crippen molar-refractivity contribution in [1.82, 2.24) is 0 Å². The van der Waals surface area contributed by atoms with E-state index in [-0.39, 0.29) is 16.6 Å². The molecule has 1 atom stereocenters. The predicted octanol–water partition coefficient (Wildman–Crippen LogP) is 2.37.